The average molecular weight is 396 g/mol. The van der Waals surface area contributed by atoms with Gasteiger partial charge in [0, 0.05) is 25.6 Å². The zero-order valence-electron chi connectivity index (χ0n) is 17.5. The summed E-state index contributed by atoms with van der Waals surface area (Å²) in [4.78, 5) is 32.3. The number of likely N-dealkylation sites (tertiary alicyclic amines) is 1. The largest absolute Gasteiger partial charge is 0.484 e. The molecule has 1 amide bonds. The van der Waals surface area contributed by atoms with Crippen molar-refractivity contribution in [2.24, 2.45) is 10.8 Å². The summed E-state index contributed by atoms with van der Waals surface area (Å²) in [5.74, 6) is 1.46. The van der Waals surface area contributed by atoms with Gasteiger partial charge in [0.25, 0.3) is 11.5 Å². The minimum atomic E-state index is -0.0113. The molecule has 6 heteroatoms. The molecule has 2 unspecified atom stereocenters. The number of hydrogen-bond donors (Lipinski definition) is 0. The quantitative estimate of drug-likeness (QED) is 0.801. The highest BCUT2D eigenvalue weighted by atomic mass is 16.5. The second kappa shape index (κ2) is 6.31. The molecule has 1 saturated heterocycles. The highest BCUT2D eigenvalue weighted by molar-refractivity contribution is 5.81. The molecule has 3 heterocycles. The summed E-state index contributed by atoms with van der Waals surface area (Å²) < 4.78 is 7.58. The predicted octanol–water partition coefficient (Wildman–Crippen LogP) is 3.15. The number of fused-ring (bicyclic) bond motifs is 4. The standard InChI is InChI=1S/C23H29N3O3/c1-22(2)10-15-11-23(3,13-22)14-26(15)20(27)12-29-16-6-7-18-17(9-16)21(28)25-8-4-5-19(25)24-18/h6-7,9,15H,4-5,8,10-14H2,1-3H3. The van der Waals surface area contributed by atoms with Gasteiger partial charge in [0.1, 0.15) is 11.6 Å². The van der Waals surface area contributed by atoms with Crippen molar-refractivity contribution < 1.29 is 9.53 Å². The Balaban J connectivity index is 1.32. The van der Waals surface area contributed by atoms with Crippen LogP contribution in [0.4, 0.5) is 0 Å². The summed E-state index contributed by atoms with van der Waals surface area (Å²) in [6.45, 7) is 8.47. The lowest BCUT2D eigenvalue weighted by Crippen LogP contribution is -2.40. The van der Waals surface area contributed by atoms with E-state index >= 15 is 0 Å². The van der Waals surface area contributed by atoms with Gasteiger partial charge >= 0.3 is 0 Å². The third-order valence-electron chi connectivity index (χ3n) is 6.88. The van der Waals surface area contributed by atoms with Crippen molar-refractivity contribution >= 4 is 16.8 Å². The number of carbonyl (C=O) groups is 1. The van der Waals surface area contributed by atoms with E-state index < -0.39 is 0 Å². The van der Waals surface area contributed by atoms with E-state index in [2.05, 4.69) is 25.8 Å². The Bertz CT molecular complexity index is 1060. The molecule has 2 fully saturated rings. The Hall–Kier alpha value is -2.37. The number of amides is 1. The summed E-state index contributed by atoms with van der Waals surface area (Å²) in [7, 11) is 0. The third kappa shape index (κ3) is 3.22. The van der Waals surface area contributed by atoms with Crippen molar-refractivity contribution in [2.45, 2.75) is 65.5 Å². The molecule has 1 saturated carbocycles. The van der Waals surface area contributed by atoms with Crippen LogP contribution in [0.1, 0.15) is 52.3 Å². The molecule has 1 aliphatic carbocycles. The molecule has 0 spiro atoms. The summed E-state index contributed by atoms with van der Waals surface area (Å²) in [5, 5.41) is 0.562. The average Bonchev–Trinajstić information content (AvgIpc) is 3.21. The van der Waals surface area contributed by atoms with Crippen LogP contribution in [0.2, 0.25) is 0 Å². The summed E-state index contributed by atoms with van der Waals surface area (Å²) in [5.41, 5.74) is 1.18. The molecule has 29 heavy (non-hydrogen) atoms. The van der Waals surface area contributed by atoms with Crippen LogP contribution in [0.25, 0.3) is 10.9 Å². The van der Waals surface area contributed by atoms with Gasteiger partial charge in [0.05, 0.1) is 10.9 Å². The maximum absolute atomic E-state index is 12.9. The van der Waals surface area contributed by atoms with Crippen LogP contribution < -0.4 is 10.3 Å². The first-order chi connectivity index (χ1) is 13.7. The van der Waals surface area contributed by atoms with Gasteiger partial charge in [0.2, 0.25) is 0 Å². The summed E-state index contributed by atoms with van der Waals surface area (Å²) in [6, 6.07) is 5.67. The normalized spacial score (nSPS) is 27.3. The van der Waals surface area contributed by atoms with Crippen LogP contribution in [0.5, 0.6) is 5.75 Å². The fourth-order valence-corrected chi connectivity index (χ4v) is 6.13. The number of aromatic nitrogens is 2. The monoisotopic (exact) mass is 395 g/mol. The summed E-state index contributed by atoms with van der Waals surface area (Å²) >= 11 is 0. The van der Waals surface area contributed by atoms with Gasteiger partial charge in [-0.1, -0.05) is 20.8 Å². The van der Waals surface area contributed by atoms with E-state index in [9.17, 15) is 9.59 Å². The molecule has 1 aromatic heterocycles. The minimum Gasteiger partial charge on any atom is -0.484 e. The number of hydrogen-bond acceptors (Lipinski definition) is 4. The maximum atomic E-state index is 12.9. The van der Waals surface area contributed by atoms with Crippen LogP contribution in [0, 0.1) is 10.8 Å². The fourth-order valence-electron chi connectivity index (χ4n) is 6.13. The molecule has 5 rings (SSSR count). The molecule has 2 aliphatic heterocycles. The van der Waals surface area contributed by atoms with Crippen LogP contribution >= 0.6 is 0 Å². The van der Waals surface area contributed by atoms with Crippen molar-refractivity contribution in [1.29, 1.82) is 0 Å². The van der Waals surface area contributed by atoms with E-state index in [4.69, 9.17) is 4.74 Å². The van der Waals surface area contributed by atoms with Gasteiger partial charge in [-0.3, -0.25) is 14.2 Å². The van der Waals surface area contributed by atoms with Gasteiger partial charge in [-0.25, -0.2) is 4.98 Å². The second-order valence-electron chi connectivity index (χ2n) is 10.3. The molecule has 2 bridgehead atoms. The van der Waals surface area contributed by atoms with E-state index in [1.54, 1.807) is 16.7 Å². The van der Waals surface area contributed by atoms with Crippen molar-refractivity contribution in [2.75, 3.05) is 13.2 Å². The van der Waals surface area contributed by atoms with E-state index in [0.717, 1.165) is 51.0 Å². The van der Waals surface area contributed by atoms with E-state index in [1.165, 1.54) is 0 Å². The highest BCUT2D eigenvalue weighted by Crippen LogP contribution is 2.52. The van der Waals surface area contributed by atoms with Crippen LogP contribution in [-0.2, 0) is 17.8 Å². The van der Waals surface area contributed by atoms with Crippen molar-refractivity contribution in [3.8, 4) is 5.75 Å². The minimum absolute atomic E-state index is 0.0113. The highest BCUT2D eigenvalue weighted by Gasteiger charge is 2.50. The fraction of sp³-hybridized carbons (Fsp3) is 0.609. The van der Waals surface area contributed by atoms with Gasteiger partial charge in [-0.2, -0.15) is 0 Å². The number of carbonyl (C=O) groups excluding carboxylic acids is 1. The van der Waals surface area contributed by atoms with Gasteiger partial charge in [0.15, 0.2) is 6.61 Å². The van der Waals surface area contributed by atoms with E-state index in [0.29, 0.717) is 22.7 Å². The molecule has 1 aromatic carbocycles. The number of ether oxygens (including phenoxy) is 1. The lowest BCUT2D eigenvalue weighted by Gasteiger charge is -2.39. The Kier molecular flexibility index (Phi) is 4.06. The molecular formula is C23H29N3O3. The molecule has 154 valence electrons. The lowest BCUT2D eigenvalue weighted by molar-refractivity contribution is -0.134. The zero-order chi connectivity index (χ0) is 20.4. The van der Waals surface area contributed by atoms with Gasteiger partial charge in [-0.15, -0.1) is 0 Å². The zero-order valence-corrected chi connectivity index (χ0v) is 17.5. The number of rotatable bonds is 3. The number of benzene rings is 1. The van der Waals surface area contributed by atoms with Crippen LogP contribution in [0.3, 0.4) is 0 Å². The maximum Gasteiger partial charge on any atom is 0.261 e. The molecule has 2 atom stereocenters. The first-order valence-electron chi connectivity index (χ1n) is 10.7. The topological polar surface area (TPSA) is 64.4 Å². The molecular weight excluding hydrogens is 366 g/mol. The molecule has 2 aromatic rings. The first-order valence-corrected chi connectivity index (χ1v) is 10.7. The Morgan fingerprint density at radius 2 is 2.10 bits per heavy atom. The smallest absolute Gasteiger partial charge is 0.261 e. The summed E-state index contributed by atoms with van der Waals surface area (Å²) in [6.07, 6.45) is 5.12. The van der Waals surface area contributed by atoms with Crippen LogP contribution in [-0.4, -0.2) is 39.6 Å². The molecule has 0 radical (unpaired) electrons. The second-order valence-corrected chi connectivity index (χ2v) is 10.3. The third-order valence-corrected chi connectivity index (χ3v) is 6.88. The van der Waals surface area contributed by atoms with E-state index in [-0.39, 0.29) is 28.9 Å². The number of aryl methyl sites for hydroxylation is 1. The van der Waals surface area contributed by atoms with Crippen molar-refractivity contribution in [1.82, 2.24) is 14.5 Å². The Morgan fingerprint density at radius 3 is 2.93 bits per heavy atom. The van der Waals surface area contributed by atoms with Crippen molar-refractivity contribution in [3.05, 3.63) is 34.4 Å². The van der Waals surface area contributed by atoms with Gasteiger partial charge in [-0.05, 0) is 54.7 Å². The molecule has 6 nitrogen and oxygen atoms in total. The van der Waals surface area contributed by atoms with Crippen LogP contribution in [0.15, 0.2) is 23.0 Å². The molecule has 3 aliphatic rings. The number of nitrogens with zero attached hydrogens (tertiary/aromatic N) is 3. The Labute approximate surface area is 170 Å². The molecule has 0 N–H and O–H groups in total. The SMILES string of the molecule is CC1(C)CC2CC(C)(CN2C(=O)COc2ccc3nc4n(c(=O)c3c2)CCC4)C1. The first kappa shape index (κ1) is 18.6. The lowest BCUT2D eigenvalue weighted by atomic mass is 9.65. The van der Waals surface area contributed by atoms with Crippen molar-refractivity contribution in [3.63, 3.8) is 0 Å². The predicted molar refractivity (Wildman–Crippen MR) is 111 cm³/mol. The Morgan fingerprint density at radius 1 is 1.28 bits per heavy atom. The van der Waals surface area contributed by atoms with E-state index in [1.807, 2.05) is 11.0 Å². The van der Waals surface area contributed by atoms with Gasteiger partial charge < -0.3 is 9.64 Å².